The summed E-state index contributed by atoms with van der Waals surface area (Å²) in [6.45, 7) is -4.53. The fourth-order valence-electron chi connectivity index (χ4n) is 8.17. The monoisotopic (exact) mass is 942 g/mol. The number of hydrogen-bond donors (Lipinski definition) is 16. The van der Waals surface area contributed by atoms with Crippen molar-refractivity contribution < 1.29 is 143 Å². The number of rotatable bonds is 15. The lowest BCUT2D eigenvalue weighted by atomic mass is 10.0. The molecule has 7 aliphatic rings. The minimum absolute atomic E-state index is 0.442. The molecule has 64 heavy (non-hydrogen) atoms. The molecule has 0 amide bonds. The second-order valence-electron chi connectivity index (χ2n) is 16.3. The molecule has 0 bridgehead atoms. The second-order valence-corrected chi connectivity index (χ2v) is 16.3. The van der Waals surface area contributed by atoms with Crippen LogP contribution < -0.4 is 0 Å². The lowest BCUT2D eigenvalue weighted by molar-refractivity contribution is -0.384. The first-order valence-electron chi connectivity index (χ1n) is 20.5. The van der Waals surface area contributed by atoms with Crippen LogP contribution >= 0.6 is 0 Å². The van der Waals surface area contributed by atoms with Crippen molar-refractivity contribution in [1.29, 1.82) is 0 Å². The van der Waals surface area contributed by atoms with Crippen molar-refractivity contribution in [3.05, 3.63) is 0 Å². The van der Waals surface area contributed by atoms with Gasteiger partial charge in [-0.15, -0.1) is 0 Å². The van der Waals surface area contributed by atoms with Crippen LogP contribution in [-0.2, 0) is 61.6 Å². The van der Waals surface area contributed by atoms with Gasteiger partial charge in [-0.1, -0.05) is 0 Å². The Morgan fingerprint density at radius 3 is 1.20 bits per heavy atom. The molecular weight excluding hydrogens is 884 g/mol. The summed E-state index contributed by atoms with van der Waals surface area (Å²) in [6, 6.07) is 0. The molecule has 28 unspecified atom stereocenters. The lowest BCUT2D eigenvalue weighted by Gasteiger charge is -2.47. The minimum atomic E-state index is -1.94. The zero-order valence-electron chi connectivity index (χ0n) is 33.6. The van der Waals surface area contributed by atoms with Crippen LogP contribution in [-0.4, -0.2) is 300 Å². The maximum atomic E-state index is 11.4. The Balaban J connectivity index is 1.13. The molecule has 7 saturated heterocycles. The molecule has 0 saturated carbocycles. The standard InChI is InChI=1S/C35H58O29/c36-1-9-15(40)22(47)32(56-9)62-26-8(39)4-53-31(25(26)50)61-14-7-55-35(60-13-6-54-30(21(46)19(13)44)59-12-5-52-29(51)20(45)18(12)43)28(64-34-24(49)17(42)11(3-38)58-34)27(14)63-33-23(48)16(41)10(2-37)57-33/h8-51H,1-7H2. The summed E-state index contributed by atoms with van der Waals surface area (Å²) in [5.41, 5.74) is 0. The molecule has 0 spiro atoms. The molecule has 7 aliphatic heterocycles. The van der Waals surface area contributed by atoms with Gasteiger partial charge >= 0.3 is 0 Å². The second kappa shape index (κ2) is 21.6. The molecule has 7 heterocycles. The zero-order chi connectivity index (χ0) is 46.3. The number of aliphatic hydroxyl groups excluding tert-OH is 16. The van der Waals surface area contributed by atoms with Gasteiger partial charge in [-0.25, -0.2) is 0 Å². The van der Waals surface area contributed by atoms with E-state index in [1.54, 1.807) is 0 Å². The Morgan fingerprint density at radius 1 is 0.312 bits per heavy atom. The molecule has 0 radical (unpaired) electrons. The molecule has 7 rings (SSSR count). The van der Waals surface area contributed by atoms with Crippen LogP contribution in [0, 0.1) is 0 Å². The van der Waals surface area contributed by atoms with Gasteiger partial charge in [0.05, 0.1) is 46.2 Å². The first-order valence-corrected chi connectivity index (χ1v) is 20.5. The van der Waals surface area contributed by atoms with E-state index < -0.39 is 218 Å². The van der Waals surface area contributed by atoms with Gasteiger partial charge in [0, 0.05) is 0 Å². The van der Waals surface area contributed by atoms with E-state index in [4.69, 9.17) is 61.6 Å². The van der Waals surface area contributed by atoms with E-state index in [1.807, 2.05) is 0 Å². The molecule has 7 fully saturated rings. The van der Waals surface area contributed by atoms with Gasteiger partial charge in [-0.3, -0.25) is 0 Å². The highest BCUT2D eigenvalue weighted by molar-refractivity contribution is 4.97. The summed E-state index contributed by atoms with van der Waals surface area (Å²) in [6.07, 6.45) is -47.2. The third-order valence-electron chi connectivity index (χ3n) is 12.0. The summed E-state index contributed by atoms with van der Waals surface area (Å²) in [4.78, 5) is 0. The third-order valence-corrected chi connectivity index (χ3v) is 12.0. The highest BCUT2D eigenvalue weighted by Gasteiger charge is 2.56. The van der Waals surface area contributed by atoms with Gasteiger partial charge in [0.1, 0.15) is 128 Å². The average Bonchev–Trinajstić information content (AvgIpc) is 3.83. The Morgan fingerprint density at radius 2 is 0.688 bits per heavy atom. The van der Waals surface area contributed by atoms with E-state index in [0.717, 1.165) is 0 Å². The summed E-state index contributed by atoms with van der Waals surface area (Å²) in [7, 11) is 0. The first kappa shape index (κ1) is 50.7. The SMILES string of the molecule is OCC1OC(OC2C(O)COC(OC3COC(OC4COC(OC5COC(O)C(O)C5O)C(O)C4O)C(OC4OC(CO)C(O)C4O)C3OC3OC(CO)C(O)C3O)C2O)C(O)C1O. The molecule has 29 nitrogen and oxygen atoms in total. The predicted octanol–water partition coefficient (Wildman–Crippen LogP) is -11.8. The number of hydrogen-bond acceptors (Lipinski definition) is 29. The van der Waals surface area contributed by atoms with Crippen molar-refractivity contribution in [1.82, 2.24) is 0 Å². The van der Waals surface area contributed by atoms with E-state index in [0.29, 0.717) is 0 Å². The van der Waals surface area contributed by atoms with Gasteiger partial charge in [-0.05, 0) is 0 Å². The van der Waals surface area contributed by atoms with Gasteiger partial charge in [0.25, 0.3) is 0 Å². The predicted molar refractivity (Wildman–Crippen MR) is 190 cm³/mol. The summed E-state index contributed by atoms with van der Waals surface area (Å²) in [5.74, 6) is 0. The van der Waals surface area contributed by atoms with E-state index in [2.05, 4.69) is 0 Å². The van der Waals surface area contributed by atoms with Crippen LogP contribution in [0.1, 0.15) is 0 Å². The van der Waals surface area contributed by atoms with E-state index in [-0.39, 0.29) is 0 Å². The van der Waals surface area contributed by atoms with E-state index >= 15 is 0 Å². The Bertz CT molecular complexity index is 1460. The van der Waals surface area contributed by atoms with Crippen molar-refractivity contribution in [3.63, 3.8) is 0 Å². The molecule has 0 aliphatic carbocycles. The minimum Gasteiger partial charge on any atom is -0.394 e. The van der Waals surface area contributed by atoms with Crippen LogP contribution in [0.15, 0.2) is 0 Å². The first-order chi connectivity index (χ1) is 30.5. The number of ether oxygens (including phenoxy) is 13. The molecule has 0 aromatic rings. The van der Waals surface area contributed by atoms with Crippen LogP contribution in [0.25, 0.3) is 0 Å². The van der Waals surface area contributed by atoms with Gasteiger partial charge in [-0.2, -0.15) is 0 Å². The Hall–Kier alpha value is -1.16. The Labute approximate surface area is 361 Å². The van der Waals surface area contributed by atoms with Crippen molar-refractivity contribution in [2.24, 2.45) is 0 Å². The summed E-state index contributed by atoms with van der Waals surface area (Å²) in [5, 5.41) is 167. The van der Waals surface area contributed by atoms with Crippen molar-refractivity contribution in [2.45, 2.75) is 172 Å². The summed E-state index contributed by atoms with van der Waals surface area (Å²) >= 11 is 0. The highest BCUT2D eigenvalue weighted by atomic mass is 16.8. The van der Waals surface area contributed by atoms with E-state index in [1.165, 1.54) is 0 Å². The van der Waals surface area contributed by atoms with Crippen LogP contribution in [0.4, 0.5) is 0 Å². The normalized spacial score (nSPS) is 53.8. The summed E-state index contributed by atoms with van der Waals surface area (Å²) < 4.78 is 74.0. The van der Waals surface area contributed by atoms with Crippen molar-refractivity contribution >= 4 is 0 Å². The Kier molecular flexibility index (Phi) is 17.1. The average molecular weight is 943 g/mol. The lowest BCUT2D eigenvalue weighted by Crippen LogP contribution is -2.64. The largest absolute Gasteiger partial charge is 0.394 e. The molecule has 16 N–H and O–H groups in total. The molecule has 0 aromatic heterocycles. The van der Waals surface area contributed by atoms with Gasteiger partial charge < -0.3 is 143 Å². The number of aliphatic hydroxyl groups is 16. The fraction of sp³-hybridized carbons (Fsp3) is 1.00. The van der Waals surface area contributed by atoms with Crippen molar-refractivity contribution in [2.75, 3.05) is 46.2 Å². The molecule has 29 heteroatoms. The van der Waals surface area contributed by atoms with Crippen LogP contribution in [0.2, 0.25) is 0 Å². The highest BCUT2D eigenvalue weighted by Crippen LogP contribution is 2.37. The maximum absolute atomic E-state index is 11.4. The third kappa shape index (κ3) is 10.4. The zero-order valence-corrected chi connectivity index (χ0v) is 33.6. The smallest absolute Gasteiger partial charge is 0.187 e. The molecule has 0 aromatic carbocycles. The quantitative estimate of drug-likeness (QED) is 0.0725. The topological polar surface area (TPSA) is 444 Å². The van der Waals surface area contributed by atoms with Crippen LogP contribution in [0.3, 0.4) is 0 Å². The fourth-order valence-corrected chi connectivity index (χ4v) is 8.17. The molecular formula is C35H58O29. The molecule has 28 atom stereocenters. The molecule has 372 valence electrons. The van der Waals surface area contributed by atoms with Crippen molar-refractivity contribution in [3.8, 4) is 0 Å². The van der Waals surface area contributed by atoms with Crippen LogP contribution in [0.5, 0.6) is 0 Å². The van der Waals surface area contributed by atoms with E-state index in [9.17, 15) is 81.7 Å². The maximum Gasteiger partial charge on any atom is 0.187 e. The van der Waals surface area contributed by atoms with Gasteiger partial charge in [0.2, 0.25) is 0 Å². The van der Waals surface area contributed by atoms with Gasteiger partial charge in [0.15, 0.2) is 44.0 Å².